The first kappa shape index (κ1) is 9.09. The van der Waals surface area contributed by atoms with Crippen LogP contribution in [-0.2, 0) is 0 Å². The molecule has 0 heteroatoms. The van der Waals surface area contributed by atoms with Gasteiger partial charge in [0.25, 0.3) is 0 Å². The van der Waals surface area contributed by atoms with Crippen molar-refractivity contribution in [2.45, 2.75) is 52.9 Å². The Kier molecular flexibility index (Phi) is 3.42. The molecule has 0 spiro atoms. The lowest BCUT2D eigenvalue weighted by Crippen LogP contribution is -1.96. The normalized spacial score (nSPS) is 31.9. The summed E-state index contributed by atoms with van der Waals surface area (Å²) >= 11 is 0. The first-order chi connectivity index (χ1) is 5.27. The van der Waals surface area contributed by atoms with Crippen molar-refractivity contribution in [2.75, 3.05) is 0 Å². The summed E-state index contributed by atoms with van der Waals surface area (Å²) in [5.41, 5.74) is 0. The summed E-state index contributed by atoms with van der Waals surface area (Å²) in [4.78, 5) is 0. The molecule has 0 amide bonds. The molecule has 11 heavy (non-hydrogen) atoms. The third kappa shape index (κ3) is 2.84. The zero-order valence-corrected chi connectivity index (χ0v) is 8.27. The molecule has 0 aromatic rings. The van der Waals surface area contributed by atoms with Gasteiger partial charge in [-0.05, 0) is 30.6 Å². The molecule has 0 aliphatic heterocycles. The topological polar surface area (TPSA) is 0 Å². The Balaban J connectivity index is 2.03. The Morgan fingerprint density at radius 3 is 2.45 bits per heavy atom. The minimum atomic E-state index is 0.988. The Hall–Kier alpha value is 0. The van der Waals surface area contributed by atoms with Gasteiger partial charge in [0.15, 0.2) is 0 Å². The average molecular weight is 154 g/mol. The fraction of sp³-hybridized carbons (Fsp3) is 1.00. The van der Waals surface area contributed by atoms with E-state index in [1.807, 2.05) is 0 Å². The predicted octanol–water partition coefficient (Wildman–Crippen LogP) is 3.86. The molecule has 1 rings (SSSR count). The fourth-order valence-corrected chi connectivity index (χ4v) is 2.23. The van der Waals surface area contributed by atoms with Crippen LogP contribution in [0.15, 0.2) is 0 Å². The third-order valence-corrected chi connectivity index (χ3v) is 3.08. The predicted molar refractivity (Wildman–Crippen MR) is 50.6 cm³/mol. The van der Waals surface area contributed by atoms with Gasteiger partial charge in [0, 0.05) is 0 Å². The lowest BCUT2D eigenvalue weighted by molar-refractivity contribution is 0.440. The van der Waals surface area contributed by atoms with Gasteiger partial charge in [0.1, 0.15) is 0 Å². The molecule has 0 heterocycles. The van der Waals surface area contributed by atoms with Gasteiger partial charge in [-0.25, -0.2) is 0 Å². The summed E-state index contributed by atoms with van der Waals surface area (Å²) in [6.07, 6.45) is 7.26. The van der Waals surface area contributed by atoms with E-state index in [0.29, 0.717) is 0 Å². The molecule has 3 atom stereocenters. The van der Waals surface area contributed by atoms with Crippen molar-refractivity contribution in [3.05, 3.63) is 0 Å². The van der Waals surface area contributed by atoms with Crippen molar-refractivity contribution in [3.8, 4) is 0 Å². The largest absolute Gasteiger partial charge is 0.0654 e. The van der Waals surface area contributed by atoms with Crippen LogP contribution in [-0.4, -0.2) is 0 Å². The highest BCUT2D eigenvalue weighted by Gasteiger charge is 2.35. The molecule has 1 saturated carbocycles. The summed E-state index contributed by atoms with van der Waals surface area (Å²) in [6, 6.07) is 0. The molecule has 0 aromatic carbocycles. The molecule has 1 fully saturated rings. The quantitative estimate of drug-likeness (QED) is 0.564. The van der Waals surface area contributed by atoms with E-state index in [0.717, 1.165) is 17.8 Å². The van der Waals surface area contributed by atoms with E-state index in [1.54, 1.807) is 0 Å². The van der Waals surface area contributed by atoms with Crippen LogP contribution in [0, 0.1) is 17.8 Å². The second-order valence-electron chi connectivity index (χ2n) is 4.29. The van der Waals surface area contributed by atoms with Crippen LogP contribution in [0.1, 0.15) is 52.9 Å². The van der Waals surface area contributed by atoms with Crippen LogP contribution in [0.25, 0.3) is 0 Å². The van der Waals surface area contributed by atoms with E-state index in [4.69, 9.17) is 0 Å². The minimum Gasteiger partial charge on any atom is -0.0654 e. The Bertz CT molecular complexity index is 107. The Morgan fingerprint density at radius 1 is 1.27 bits per heavy atom. The summed E-state index contributed by atoms with van der Waals surface area (Å²) in [7, 11) is 0. The second kappa shape index (κ2) is 4.13. The molecular formula is C11H22. The van der Waals surface area contributed by atoms with Crippen LogP contribution in [0.3, 0.4) is 0 Å². The molecule has 0 nitrogen and oxygen atoms in total. The Labute approximate surface area is 71.4 Å². The van der Waals surface area contributed by atoms with E-state index in [2.05, 4.69) is 20.8 Å². The monoisotopic (exact) mass is 154 g/mol. The summed E-state index contributed by atoms with van der Waals surface area (Å²) < 4.78 is 0. The molecule has 0 radical (unpaired) electrons. The van der Waals surface area contributed by atoms with Gasteiger partial charge in [-0.1, -0.05) is 40.0 Å². The van der Waals surface area contributed by atoms with E-state index in [9.17, 15) is 0 Å². The van der Waals surface area contributed by atoms with E-state index in [1.165, 1.54) is 32.1 Å². The van der Waals surface area contributed by atoms with Crippen LogP contribution >= 0.6 is 0 Å². The molecule has 0 aromatic heterocycles. The minimum absolute atomic E-state index is 0.988. The molecular weight excluding hydrogens is 132 g/mol. The van der Waals surface area contributed by atoms with Crippen molar-refractivity contribution in [1.29, 1.82) is 0 Å². The zero-order chi connectivity index (χ0) is 8.27. The van der Waals surface area contributed by atoms with Crippen LogP contribution in [0.2, 0.25) is 0 Å². The summed E-state index contributed by atoms with van der Waals surface area (Å²) in [5, 5.41) is 0. The molecule has 0 saturated heterocycles. The van der Waals surface area contributed by atoms with Crippen molar-refractivity contribution in [1.82, 2.24) is 0 Å². The van der Waals surface area contributed by atoms with Gasteiger partial charge in [-0.15, -0.1) is 0 Å². The first-order valence-corrected chi connectivity index (χ1v) is 5.27. The van der Waals surface area contributed by atoms with Gasteiger partial charge in [-0.3, -0.25) is 0 Å². The highest BCUT2D eigenvalue weighted by atomic mass is 14.4. The second-order valence-corrected chi connectivity index (χ2v) is 4.29. The Morgan fingerprint density at radius 2 is 2.00 bits per heavy atom. The molecule has 3 unspecified atom stereocenters. The maximum atomic E-state index is 2.41. The van der Waals surface area contributed by atoms with Crippen molar-refractivity contribution < 1.29 is 0 Å². The van der Waals surface area contributed by atoms with Gasteiger partial charge in [-0.2, -0.15) is 0 Å². The van der Waals surface area contributed by atoms with Gasteiger partial charge >= 0.3 is 0 Å². The third-order valence-electron chi connectivity index (χ3n) is 3.08. The van der Waals surface area contributed by atoms with E-state index >= 15 is 0 Å². The van der Waals surface area contributed by atoms with Crippen LogP contribution < -0.4 is 0 Å². The lowest BCUT2D eigenvalue weighted by Gasteiger charge is -2.08. The van der Waals surface area contributed by atoms with E-state index in [-0.39, 0.29) is 0 Å². The first-order valence-electron chi connectivity index (χ1n) is 5.27. The molecule has 1 aliphatic carbocycles. The number of hydrogen-bond donors (Lipinski definition) is 0. The molecule has 1 aliphatic rings. The van der Waals surface area contributed by atoms with Crippen molar-refractivity contribution >= 4 is 0 Å². The standard InChI is InChI=1S/C11H22/c1-4-6-9(3)7-11-8-10(11)5-2/h9-11H,4-8H2,1-3H3. The van der Waals surface area contributed by atoms with Crippen LogP contribution in [0.4, 0.5) is 0 Å². The van der Waals surface area contributed by atoms with Gasteiger partial charge in [0.05, 0.1) is 0 Å². The van der Waals surface area contributed by atoms with Crippen LogP contribution in [0.5, 0.6) is 0 Å². The van der Waals surface area contributed by atoms with Crippen molar-refractivity contribution in [2.24, 2.45) is 17.8 Å². The number of rotatable bonds is 5. The van der Waals surface area contributed by atoms with Gasteiger partial charge < -0.3 is 0 Å². The highest BCUT2D eigenvalue weighted by molar-refractivity contribution is 4.85. The summed E-state index contributed by atoms with van der Waals surface area (Å²) in [6.45, 7) is 7.03. The highest BCUT2D eigenvalue weighted by Crippen LogP contribution is 2.45. The summed E-state index contributed by atoms with van der Waals surface area (Å²) in [5.74, 6) is 3.21. The molecule has 66 valence electrons. The van der Waals surface area contributed by atoms with Gasteiger partial charge in [0.2, 0.25) is 0 Å². The molecule has 0 bridgehead atoms. The number of hydrogen-bond acceptors (Lipinski definition) is 0. The molecule has 0 N–H and O–H groups in total. The van der Waals surface area contributed by atoms with E-state index < -0.39 is 0 Å². The zero-order valence-electron chi connectivity index (χ0n) is 8.27. The average Bonchev–Trinajstić information content (AvgIpc) is 2.68. The smallest absolute Gasteiger partial charge is 0.0381 e. The maximum Gasteiger partial charge on any atom is -0.0381 e. The van der Waals surface area contributed by atoms with Crippen molar-refractivity contribution in [3.63, 3.8) is 0 Å². The lowest BCUT2D eigenvalue weighted by atomic mass is 9.98. The fourth-order valence-electron chi connectivity index (χ4n) is 2.23. The SMILES string of the molecule is CCCC(C)CC1CC1CC. The maximum absolute atomic E-state index is 2.41.